The molecule has 1 unspecified atom stereocenters. The highest BCUT2D eigenvalue weighted by Crippen LogP contribution is 2.40. The van der Waals surface area contributed by atoms with Gasteiger partial charge in [-0.05, 0) is 38.0 Å². The largest absolute Gasteiger partial charge is 0.479 e. The maximum Gasteiger partial charge on any atom is 0.267 e. The summed E-state index contributed by atoms with van der Waals surface area (Å²) in [6.07, 6.45) is 1.51. The Kier molecular flexibility index (Phi) is 2.67. The van der Waals surface area contributed by atoms with E-state index in [2.05, 4.69) is 5.32 Å². The van der Waals surface area contributed by atoms with E-state index in [0.717, 1.165) is 30.0 Å². The summed E-state index contributed by atoms with van der Waals surface area (Å²) < 4.78 is 5.65. The molecule has 0 spiro atoms. The van der Waals surface area contributed by atoms with Gasteiger partial charge in [0, 0.05) is 24.8 Å². The highest BCUT2D eigenvalue weighted by molar-refractivity contribution is 6.00. The van der Waals surface area contributed by atoms with E-state index in [1.807, 2.05) is 25.2 Å². The van der Waals surface area contributed by atoms with Crippen molar-refractivity contribution in [1.82, 2.24) is 0 Å². The fourth-order valence-corrected chi connectivity index (χ4v) is 2.36. The van der Waals surface area contributed by atoms with E-state index in [1.165, 1.54) is 0 Å². The normalized spacial score (nSPS) is 23.6. The van der Waals surface area contributed by atoms with Crippen LogP contribution >= 0.6 is 0 Å². The molecule has 1 aromatic carbocycles. The minimum atomic E-state index is -0.449. The lowest BCUT2D eigenvalue weighted by Crippen LogP contribution is -2.50. The standard InChI is InChI=1S/C14H19N3O2/c1-9-13(18)17(8-14(15)5-6-14)11-7-10(16-2)3-4-12(11)19-9/h3-4,7,9,16H,5-6,8,15H2,1-2H3. The number of nitrogens with zero attached hydrogens (tertiary/aromatic N) is 1. The highest BCUT2D eigenvalue weighted by atomic mass is 16.5. The van der Waals surface area contributed by atoms with Gasteiger partial charge in [-0.1, -0.05) is 0 Å². The van der Waals surface area contributed by atoms with Gasteiger partial charge in [0.05, 0.1) is 5.69 Å². The van der Waals surface area contributed by atoms with Gasteiger partial charge in [-0.25, -0.2) is 0 Å². The number of benzene rings is 1. The van der Waals surface area contributed by atoms with Gasteiger partial charge in [-0.3, -0.25) is 4.79 Å². The molecule has 3 N–H and O–H groups in total. The second kappa shape index (κ2) is 4.13. The van der Waals surface area contributed by atoms with Gasteiger partial charge in [0.2, 0.25) is 0 Å². The molecule has 1 aliphatic heterocycles. The smallest absolute Gasteiger partial charge is 0.267 e. The van der Waals surface area contributed by atoms with Crippen molar-refractivity contribution in [3.8, 4) is 5.75 Å². The van der Waals surface area contributed by atoms with E-state index < -0.39 is 6.10 Å². The summed E-state index contributed by atoms with van der Waals surface area (Å²) in [6, 6.07) is 5.77. The van der Waals surface area contributed by atoms with Gasteiger partial charge in [0.1, 0.15) is 5.75 Å². The third-order valence-electron chi connectivity index (χ3n) is 3.82. The zero-order valence-corrected chi connectivity index (χ0v) is 11.3. The Bertz CT molecular complexity index is 525. The van der Waals surface area contributed by atoms with Crippen molar-refractivity contribution in [2.75, 3.05) is 23.8 Å². The fourth-order valence-electron chi connectivity index (χ4n) is 2.36. The predicted molar refractivity (Wildman–Crippen MR) is 74.6 cm³/mol. The molecular weight excluding hydrogens is 242 g/mol. The molecular formula is C14H19N3O2. The van der Waals surface area contributed by atoms with E-state index in [0.29, 0.717) is 6.54 Å². The Balaban J connectivity index is 1.99. The first kappa shape index (κ1) is 12.3. The molecule has 1 amide bonds. The minimum Gasteiger partial charge on any atom is -0.479 e. The van der Waals surface area contributed by atoms with Gasteiger partial charge in [-0.15, -0.1) is 0 Å². The van der Waals surface area contributed by atoms with E-state index >= 15 is 0 Å². The maximum atomic E-state index is 12.3. The molecule has 1 saturated carbocycles. The van der Waals surface area contributed by atoms with Crippen LogP contribution in [0.2, 0.25) is 0 Å². The second-order valence-electron chi connectivity index (χ2n) is 5.48. The van der Waals surface area contributed by atoms with E-state index in [1.54, 1.807) is 11.8 Å². The number of ether oxygens (including phenoxy) is 1. The van der Waals surface area contributed by atoms with Gasteiger partial charge in [0.25, 0.3) is 5.91 Å². The predicted octanol–water partition coefficient (Wildman–Crippen LogP) is 1.33. The lowest BCUT2D eigenvalue weighted by molar-refractivity contribution is -0.125. The third-order valence-corrected chi connectivity index (χ3v) is 3.82. The van der Waals surface area contributed by atoms with Crippen LogP contribution < -0.4 is 20.7 Å². The van der Waals surface area contributed by atoms with Crippen LogP contribution in [0.25, 0.3) is 0 Å². The summed E-state index contributed by atoms with van der Waals surface area (Å²) in [6.45, 7) is 2.35. The number of carbonyl (C=O) groups is 1. The number of nitrogens with one attached hydrogen (secondary N) is 1. The third kappa shape index (κ3) is 2.14. The van der Waals surface area contributed by atoms with Crippen molar-refractivity contribution in [2.45, 2.75) is 31.4 Å². The Hall–Kier alpha value is -1.75. The van der Waals surface area contributed by atoms with Gasteiger partial charge >= 0.3 is 0 Å². The van der Waals surface area contributed by atoms with Crippen molar-refractivity contribution in [2.24, 2.45) is 5.73 Å². The summed E-state index contributed by atoms with van der Waals surface area (Å²) in [7, 11) is 1.85. The van der Waals surface area contributed by atoms with Crippen LogP contribution in [0.5, 0.6) is 5.75 Å². The molecule has 0 saturated heterocycles. The first-order valence-corrected chi connectivity index (χ1v) is 6.61. The molecule has 1 aliphatic carbocycles. The first-order chi connectivity index (χ1) is 9.02. The van der Waals surface area contributed by atoms with E-state index in [9.17, 15) is 4.79 Å². The minimum absolute atomic E-state index is 0.0162. The lowest BCUT2D eigenvalue weighted by atomic mass is 10.1. The summed E-state index contributed by atoms with van der Waals surface area (Å²) in [5, 5.41) is 3.08. The number of hydrogen-bond donors (Lipinski definition) is 2. The molecule has 5 nitrogen and oxygen atoms in total. The molecule has 1 heterocycles. The summed E-state index contributed by atoms with van der Waals surface area (Å²) in [5.74, 6) is 0.729. The number of carbonyl (C=O) groups excluding carboxylic acids is 1. The highest BCUT2D eigenvalue weighted by Gasteiger charge is 2.43. The molecule has 2 aliphatic rings. The van der Waals surface area contributed by atoms with Crippen molar-refractivity contribution < 1.29 is 9.53 Å². The van der Waals surface area contributed by atoms with Crippen LogP contribution in [-0.2, 0) is 4.79 Å². The molecule has 1 atom stereocenters. The van der Waals surface area contributed by atoms with Crippen LogP contribution in [0.15, 0.2) is 18.2 Å². The lowest BCUT2D eigenvalue weighted by Gasteiger charge is -2.34. The Labute approximate surface area is 112 Å². The second-order valence-corrected chi connectivity index (χ2v) is 5.48. The van der Waals surface area contributed by atoms with Crippen LogP contribution in [-0.4, -0.2) is 31.1 Å². The van der Waals surface area contributed by atoms with Crippen LogP contribution in [0.1, 0.15) is 19.8 Å². The van der Waals surface area contributed by atoms with Crippen LogP contribution in [0.4, 0.5) is 11.4 Å². The first-order valence-electron chi connectivity index (χ1n) is 6.61. The molecule has 5 heteroatoms. The molecule has 0 radical (unpaired) electrons. The van der Waals surface area contributed by atoms with Crippen molar-refractivity contribution in [3.63, 3.8) is 0 Å². The monoisotopic (exact) mass is 261 g/mol. The molecule has 19 heavy (non-hydrogen) atoms. The molecule has 3 rings (SSSR count). The Morgan fingerprint density at radius 2 is 2.26 bits per heavy atom. The summed E-state index contributed by atoms with van der Waals surface area (Å²) in [4.78, 5) is 14.1. The summed E-state index contributed by atoms with van der Waals surface area (Å²) in [5.41, 5.74) is 7.72. The van der Waals surface area contributed by atoms with Crippen molar-refractivity contribution in [1.29, 1.82) is 0 Å². The molecule has 102 valence electrons. The topological polar surface area (TPSA) is 67.6 Å². The van der Waals surface area contributed by atoms with Crippen LogP contribution in [0, 0.1) is 0 Å². The van der Waals surface area contributed by atoms with Crippen LogP contribution in [0.3, 0.4) is 0 Å². The molecule has 1 aromatic rings. The number of anilines is 2. The molecule has 0 aromatic heterocycles. The van der Waals surface area contributed by atoms with E-state index in [4.69, 9.17) is 10.5 Å². The quantitative estimate of drug-likeness (QED) is 0.861. The van der Waals surface area contributed by atoms with Gasteiger partial charge in [-0.2, -0.15) is 0 Å². The van der Waals surface area contributed by atoms with Crippen molar-refractivity contribution >= 4 is 17.3 Å². The van der Waals surface area contributed by atoms with Crippen molar-refractivity contribution in [3.05, 3.63) is 18.2 Å². The number of fused-ring (bicyclic) bond motifs is 1. The maximum absolute atomic E-state index is 12.3. The zero-order valence-electron chi connectivity index (χ0n) is 11.3. The zero-order chi connectivity index (χ0) is 13.6. The Morgan fingerprint density at radius 1 is 1.53 bits per heavy atom. The SMILES string of the molecule is CNc1ccc2c(c1)N(CC1(N)CC1)C(=O)C(C)O2. The average molecular weight is 261 g/mol. The molecule has 1 fully saturated rings. The fraction of sp³-hybridized carbons (Fsp3) is 0.500. The van der Waals surface area contributed by atoms with Gasteiger partial charge in [0.15, 0.2) is 6.10 Å². The number of hydrogen-bond acceptors (Lipinski definition) is 4. The number of nitrogens with two attached hydrogens (primary N) is 1. The van der Waals surface area contributed by atoms with Gasteiger partial charge < -0.3 is 20.7 Å². The average Bonchev–Trinajstić information content (AvgIpc) is 3.13. The summed E-state index contributed by atoms with van der Waals surface area (Å²) >= 11 is 0. The Morgan fingerprint density at radius 3 is 2.89 bits per heavy atom. The number of amides is 1. The molecule has 0 bridgehead atoms. The van der Waals surface area contributed by atoms with E-state index in [-0.39, 0.29) is 11.4 Å². The number of rotatable bonds is 3.